The molecule has 3 atom stereocenters. The average Bonchev–Trinajstić information content (AvgIpc) is 3.12. The summed E-state index contributed by atoms with van der Waals surface area (Å²) in [6.07, 6.45) is 7.25. The van der Waals surface area contributed by atoms with Crippen molar-refractivity contribution in [1.82, 2.24) is 14.8 Å². The third-order valence-electron chi connectivity index (χ3n) is 6.02. The van der Waals surface area contributed by atoms with E-state index in [4.69, 9.17) is 0 Å². The maximum absolute atomic E-state index is 11.7. The zero-order valence-corrected chi connectivity index (χ0v) is 14.4. The van der Waals surface area contributed by atoms with Crippen molar-refractivity contribution < 1.29 is 5.11 Å². The normalized spacial score (nSPS) is 30.7. The molecule has 4 heteroatoms. The van der Waals surface area contributed by atoms with Gasteiger partial charge in [0.15, 0.2) is 0 Å². The van der Waals surface area contributed by atoms with Crippen LogP contribution in [0.2, 0.25) is 0 Å². The highest BCUT2D eigenvalue weighted by atomic mass is 16.3. The van der Waals surface area contributed by atoms with Crippen LogP contribution >= 0.6 is 0 Å². The van der Waals surface area contributed by atoms with Crippen molar-refractivity contribution in [2.45, 2.75) is 58.6 Å². The molecule has 3 unspecified atom stereocenters. The first-order valence-corrected chi connectivity index (χ1v) is 8.57. The number of hydrogen-bond donors (Lipinski definition) is 1. The van der Waals surface area contributed by atoms with Crippen LogP contribution in [0.25, 0.3) is 0 Å². The predicted octanol–water partition coefficient (Wildman–Crippen LogP) is 3.39. The van der Waals surface area contributed by atoms with Crippen molar-refractivity contribution in [1.29, 1.82) is 0 Å². The molecule has 1 aromatic carbocycles. The molecule has 3 rings (SSSR count). The molecular weight excluding hydrogens is 286 g/mol. The van der Waals surface area contributed by atoms with Crippen molar-refractivity contribution in [3.63, 3.8) is 0 Å². The van der Waals surface area contributed by atoms with Gasteiger partial charge in [-0.3, -0.25) is 4.68 Å². The molecule has 1 saturated carbocycles. The molecule has 0 radical (unpaired) electrons. The topological polar surface area (TPSA) is 50.9 Å². The smallest absolute Gasteiger partial charge is 0.137 e. The lowest BCUT2D eigenvalue weighted by Crippen LogP contribution is -2.50. The van der Waals surface area contributed by atoms with Crippen LogP contribution < -0.4 is 0 Å². The highest BCUT2D eigenvalue weighted by Crippen LogP contribution is 2.53. The van der Waals surface area contributed by atoms with Crippen molar-refractivity contribution in [3.05, 3.63) is 48.0 Å². The van der Waals surface area contributed by atoms with Gasteiger partial charge in [-0.05, 0) is 49.5 Å². The molecule has 1 aliphatic rings. The van der Waals surface area contributed by atoms with E-state index in [-0.39, 0.29) is 11.3 Å². The van der Waals surface area contributed by atoms with Crippen molar-refractivity contribution >= 4 is 0 Å². The van der Waals surface area contributed by atoms with E-state index in [9.17, 15) is 5.11 Å². The van der Waals surface area contributed by atoms with E-state index in [0.29, 0.717) is 6.54 Å². The van der Waals surface area contributed by atoms with E-state index in [1.54, 1.807) is 11.0 Å². The largest absolute Gasteiger partial charge is 0.387 e. The van der Waals surface area contributed by atoms with Crippen LogP contribution in [0.3, 0.4) is 0 Å². The van der Waals surface area contributed by atoms with Gasteiger partial charge < -0.3 is 5.11 Å². The summed E-state index contributed by atoms with van der Waals surface area (Å²) in [5.74, 6) is 0.249. The number of hydrogen-bond acceptors (Lipinski definition) is 3. The van der Waals surface area contributed by atoms with Gasteiger partial charge in [-0.2, -0.15) is 5.10 Å². The van der Waals surface area contributed by atoms with E-state index < -0.39 is 5.60 Å². The van der Waals surface area contributed by atoms with Gasteiger partial charge in [0.2, 0.25) is 0 Å². The standard InChI is InChI=1S/C19H27N3O/c1-4-18(3)10-9-17(11-16-7-5-15(2)6-8-16)19(18,23)12-22-14-20-13-21-22/h5-8,13-14,17,23H,4,9-12H2,1-3H3. The van der Waals surface area contributed by atoms with Crippen molar-refractivity contribution in [2.24, 2.45) is 11.3 Å². The molecule has 1 aromatic heterocycles. The molecule has 2 aromatic rings. The summed E-state index contributed by atoms with van der Waals surface area (Å²) in [7, 11) is 0. The number of nitrogens with zero attached hydrogens (tertiary/aromatic N) is 3. The van der Waals surface area contributed by atoms with E-state index in [1.807, 2.05) is 0 Å². The molecule has 4 nitrogen and oxygen atoms in total. The summed E-state index contributed by atoms with van der Waals surface area (Å²) in [6, 6.07) is 8.68. The number of benzene rings is 1. The summed E-state index contributed by atoms with van der Waals surface area (Å²) in [6.45, 7) is 7.03. The van der Waals surface area contributed by atoms with Crippen LogP contribution in [0.1, 0.15) is 44.2 Å². The van der Waals surface area contributed by atoms with Gasteiger partial charge in [-0.1, -0.05) is 43.7 Å². The summed E-state index contributed by atoms with van der Waals surface area (Å²) >= 11 is 0. The first kappa shape index (κ1) is 16.2. The summed E-state index contributed by atoms with van der Waals surface area (Å²) in [4.78, 5) is 4.03. The molecule has 1 heterocycles. The molecule has 0 amide bonds. The lowest BCUT2D eigenvalue weighted by atomic mass is 9.70. The minimum absolute atomic E-state index is 0.0751. The Kier molecular flexibility index (Phi) is 4.28. The van der Waals surface area contributed by atoms with Crippen molar-refractivity contribution in [2.75, 3.05) is 0 Å². The quantitative estimate of drug-likeness (QED) is 0.920. The fourth-order valence-corrected chi connectivity index (χ4v) is 4.08. The monoisotopic (exact) mass is 313 g/mol. The Morgan fingerprint density at radius 1 is 1.30 bits per heavy atom. The van der Waals surface area contributed by atoms with Crippen LogP contribution in [0.4, 0.5) is 0 Å². The van der Waals surface area contributed by atoms with E-state index in [2.05, 4.69) is 55.1 Å². The number of aliphatic hydroxyl groups is 1. The summed E-state index contributed by atoms with van der Waals surface area (Å²) < 4.78 is 1.78. The lowest BCUT2D eigenvalue weighted by Gasteiger charge is -2.42. The Morgan fingerprint density at radius 3 is 2.65 bits per heavy atom. The third-order valence-corrected chi connectivity index (χ3v) is 6.02. The molecule has 0 aliphatic heterocycles. The van der Waals surface area contributed by atoms with Gasteiger partial charge >= 0.3 is 0 Å². The van der Waals surface area contributed by atoms with E-state index >= 15 is 0 Å². The SMILES string of the molecule is CCC1(C)CCC(Cc2ccc(C)cc2)C1(O)Cn1cncn1. The number of aromatic nitrogens is 3. The Labute approximate surface area is 138 Å². The molecular formula is C19H27N3O. The van der Waals surface area contributed by atoms with Crippen LogP contribution in [-0.2, 0) is 13.0 Å². The molecule has 124 valence electrons. The van der Waals surface area contributed by atoms with E-state index in [1.165, 1.54) is 17.5 Å². The summed E-state index contributed by atoms with van der Waals surface area (Å²) in [5.41, 5.74) is 1.75. The van der Waals surface area contributed by atoms with Gasteiger partial charge in [0.1, 0.15) is 12.7 Å². The van der Waals surface area contributed by atoms with Crippen LogP contribution in [0.5, 0.6) is 0 Å². The Bertz CT molecular complexity index is 637. The second-order valence-electron chi connectivity index (χ2n) is 7.36. The second kappa shape index (κ2) is 6.08. The lowest BCUT2D eigenvalue weighted by molar-refractivity contribution is -0.1000. The third kappa shape index (κ3) is 2.92. The Morgan fingerprint density at radius 2 is 2.04 bits per heavy atom. The van der Waals surface area contributed by atoms with Gasteiger partial charge in [0.25, 0.3) is 0 Å². The minimum Gasteiger partial charge on any atom is -0.387 e. The number of aryl methyl sites for hydroxylation is 1. The molecule has 1 N–H and O–H groups in total. The fourth-order valence-electron chi connectivity index (χ4n) is 4.08. The highest BCUT2D eigenvalue weighted by molar-refractivity contribution is 5.23. The predicted molar refractivity (Wildman–Crippen MR) is 91.0 cm³/mol. The Hall–Kier alpha value is -1.68. The molecule has 0 saturated heterocycles. The molecule has 0 bridgehead atoms. The molecule has 0 spiro atoms. The van der Waals surface area contributed by atoms with Gasteiger partial charge in [0.05, 0.1) is 12.1 Å². The van der Waals surface area contributed by atoms with Crippen LogP contribution in [0.15, 0.2) is 36.9 Å². The minimum atomic E-state index is -0.750. The average molecular weight is 313 g/mol. The zero-order chi connectivity index (χ0) is 16.5. The fraction of sp³-hybridized carbons (Fsp3) is 0.579. The summed E-state index contributed by atoms with van der Waals surface area (Å²) in [5, 5.41) is 15.9. The van der Waals surface area contributed by atoms with Crippen LogP contribution in [-0.4, -0.2) is 25.5 Å². The van der Waals surface area contributed by atoms with Gasteiger partial charge in [-0.25, -0.2) is 4.98 Å². The number of rotatable bonds is 5. The van der Waals surface area contributed by atoms with Crippen LogP contribution in [0, 0.1) is 18.3 Å². The first-order chi connectivity index (χ1) is 11.0. The van der Waals surface area contributed by atoms with Gasteiger partial charge in [0, 0.05) is 0 Å². The zero-order valence-electron chi connectivity index (χ0n) is 14.4. The maximum atomic E-state index is 11.7. The second-order valence-corrected chi connectivity index (χ2v) is 7.36. The molecule has 1 aliphatic carbocycles. The van der Waals surface area contributed by atoms with E-state index in [0.717, 1.165) is 25.7 Å². The molecule has 1 fully saturated rings. The first-order valence-electron chi connectivity index (χ1n) is 8.57. The maximum Gasteiger partial charge on any atom is 0.137 e. The molecule has 23 heavy (non-hydrogen) atoms. The Balaban J connectivity index is 1.87. The highest BCUT2D eigenvalue weighted by Gasteiger charge is 2.55. The van der Waals surface area contributed by atoms with Crippen molar-refractivity contribution in [3.8, 4) is 0 Å². The van der Waals surface area contributed by atoms with Gasteiger partial charge in [-0.15, -0.1) is 0 Å².